The SMILES string of the molecule is Cc1ccc(CNCc2ccc(N3CCC(CO)CC3)cc2)cc1F. The number of hydrogen-bond donors (Lipinski definition) is 2. The summed E-state index contributed by atoms with van der Waals surface area (Å²) in [5.41, 5.74) is 4.12. The number of nitrogens with one attached hydrogen (secondary N) is 1. The molecule has 25 heavy (non-hydrogen) atoms. The molecule has 0 bridgehead atoms. The van der Waals surface area contributed by atoms with Gasteiger partial charge >= 0.3 is 0 Å². The van der Waals surface area contributed by atoms with Gasteiger partial charge in [-0.3, -0.25) is 0 Å². The number of benzene rings is 2. The minimum absolute atomic E-state index is 0.145. The van der Waals surface area contributed by atoms with E-state index in [2.05, 4.69) is 34.5 Å². The van der Waals surface area contributed by atoms with Crippen molar-refractivity contribution in [2.45, 2.75) is 32.9 Å². The molecule has 0 spiro atoms. The Morgan fingerprint density at radius 1 is 1.04 bits per heavy atom. The number of piperidine rings is 1. The van der Waals surface area contributed by atoms with Crippen LogP contribution >= 0.6 is 0 Å². The van der Waals surface area contributed by atoms with E-state index in [9.17, 15) is 9.50 Å². The number of aryl methyl sites for hydroxylation is 1. The van der Waals surface area contributed by atoms with E-state index in [0.717, 1.165) is 38.0 Å². The number of halogens is 1. The maximum Gasteiger partial charge on any atom is 0.126 e. The van der Waals surface area contributed by atoms with Crippen LogP contribution < -0.4 is 10.2 Å². The number of anilines is 1. The quantitative estimate of drug-likeness (QED) is 0.841. The Kier molecular flexibility index (Phi) is 6.05. The van der Waals surface area contributed by atoms with Crippen molar-refractivity contribution in [2.75, 3.05) is 24.6 Å². The van der Waals surface area contributed by atoms with Gasteiger partial charge in [0.25, 0.3) is 0 Å². The van der Waals surface area contributed by atoms with Crippen LogP contribution in [0.2, 0.25) is 0 Å². The minimum atomic E-state index is -0.145. The van der Waals surface area contributed by atoms with Crippen LogP contribution in [0.1, 0.15) is 29.5 Å². The highest BCUT2D eigenvalue weighted by Gasteiger charge is 2.18. The minimum Gasteiger partial charge on any atom is -0.396 e. The fourth-order valence-electron chi connectivity index (χ4n) is 3.30. The largest absolute Gasteiger partial charge is 0.396 e. The van der Waals surface area contributed by atoms with Crippen LogP contribution in [0.25, 0.3) is 0 Å². The lowest BCUT2D eigenvalue weighted by atomic mass is 9.97. The molecule has 0 aromatic heterocycles. The van der Waals surface area contributed by atoms with Gasteiger partial charge < -0.3 is 15.3 Å². The van der Waals surface area contributed by atoms with Gasteiger partial charge in [-0.25, -0.2) is 4.39 Å². The summed E-state index contributed by atoms with van der Waals surface area (Å²) in [5, 5.41) is 12.6. The molecule has 0 amide bonds. The summed E-state index contributed by atoms with van der Waals surface area (Å²) in [5.74, 6) is 0.319. The lowest BCUT2D eigenvalue weighted by molar-refractivity contribution is 0.203. The summed E-state index contributed by atoms with van der Waals surface area (Å²) in [6.07, 6.45) is 2.12. The maximum atomic E-state index is 13.6. The Morgan fingerprint density at radius 2 is 1.68 bits per heavy atom. The van der Waals surface area contributed by atoms with Crippen LogP contribution in [0.3, 0.4) is 0 Å². The third-order valence-electron chi connectivity index (χ3n) is 5.07. The first kappa shape index (κ1) is 17.9. The zero-order valence-corrected chi connectivity index (χ0v) is 14.8. The zero-order valence-electron chi connectivity index (χ0n) is 14.8. The zero-order chi connectivity index (χ0) is 17.6. The standard InChI is InChI=1S/C21H27FN2O/c1-16-2-3-19(12-21(16)22)14-23-13-17-4-6-20(7-5-17)24-10-8-18(15-25)9-11-24/h2-7,12,18,23,25H,8-11,13-15H2,1H3. The molecule has 0 radical (unpaired) electrons. The predicted molar refractivity (Wildman–Crippen MR) is 100 cm³/mol. The number of aliphatic hydroxyl groups excluding tert-OH is 1. The lowest BCUT2D eigenvalue weighted by Crippen LogP contribution is -2.34. The third-order valence-corrected chi connectivity index (χ3v) is 5.07. The van der Waals surface area contributed by atoms with E-state index in [1.54, 1.807) is 13.0 Å². The van der Waals surface area contributed by atoms with Crippen molar-refractivity contribution >= 4 is 5.69 Å². The Balaban J connectivity index is 1.48. The van der Waals surface area contributed by atoms with Gasteiger partial charge in [0, 0.05) is 38.5 Å². The van der Waals surface area contributed by atoms with Gasteiger partial charge in [0.15, 0.2) is 0 Å². The third kappa shape index (κ3) is 4.80. The van der Waals surface area contributed by atoms with Crippen molar-refractivity contribution in [3.8, 4) is 0 Å². The molecule has 0 unspecified atom stereocenters. The second-order valence-electron chi connectivity index (χ2n) is 6.97. The van der Waals surface area contributed by atoms with Crippen LogP contribution in [0.5, 0.6) is 0 Å². The van der Waals surface area contributed by atoms with Crippen LogP contribution in [0.15, 0.2) is 42.5 Å². The normalized spacial score (nSPS) is 15.6. The van der Waals surface area contributed by atoms with Gasteiger partial charge in [-0.15, -0.1) is 0 Å². The maximum absolute atomic E-state index is 13.6. The molecule has 3 rings (SSSR count). The molecule has 1 heterocycles. The molecule has 1 aliphatic rings. The Hall–Kier alpha value is -1.91. The molecule has 2 aromatic carbocycles. The average molecular weight is 342 g/mol. The predicted octanol–water partition coefficient (Wildman–Crippen LogP) is 3.63. The van der Waals surface area contributed by atoms with Gasteiger partial charge in [-0.2, -0.15) is 0 Å². The second-order valence-corrected chi connectivity index (χ2v) is 6.97. The van der Waals surface area contributed by atoms with Crippen LogP contribution in [-0.4, -0.2) is 24.8 Å². The smallest absolute Gasteiger partial charge is 0.126 e. The average Bonchev–Trinajstić information content (AvgIpc) is 2.65. The molecule has 1 saturated heterocycles. The Morgan fingerprint density at radius 3 is 2.32 bits per heavy atom. The van der Waals surface area contributed by atoms with Gasteiger partial charge in [-0.1, -0.05) is 24.3 Å². The van der Waals surface area contributed by atoms with E-state index in [4.69, 9.17) is 0 Å². The fraction of sp³-hybridized carbons (Fsp3) is 0.429. The van der Waals surface area contributed by atoms with Crippen molar-refractivity contribution in [3.63, 3.8) is 0 Å². The van der Waals surface area contributed by atoms with Crippen molar-refractivity contribution in [1.82, 2.24) is 5.32 Å². The second kappa shape index (κ2) is 8.45. The molecular weight excluding hydrogens is 315 g/mol. The monoisotopic (exact) mass is 342 g/mol. The van der Waals surface area contributed by atoms with E-state index >= 15 is 0 Å². The van der Waals surface area contributed by atoms with Crippen LogP contribution in [0, 0.1) is 18.7 Å². The summed E-state index contributed by atoms with van der Waals surface area (Å²) in [6, 6.07) is 14.0. The highest BCUT2D eigenvalue weighted by Crippen LogP contribution is 2.23. The molecular formula is C21H27FN2O. The van der Waals surface area contributed by atoms with Gasteiger partial charge in [0.2, 0.25) is 0 Å². The van der Waals surface area contributed by atoms with Crippen LogP contribution in [-0.2, 0) is 13.1 Å². The summed E-state index contributed by atoms with van der Waals surface area (Å²) in [4.78, 5) is 2.39. The number of rotatable bonds is 6. The molecule has 2 aromatic rings. The number of hydrogen-bond acceptors (Lipinski definition) is 3. The lowest BCUT2D eigenvalue weighted by Gasteiger charge is -2.33. The molecule has 2 N–H and O–H groups in total. The van der Waals surface area contributed by atoms with E-state index in [1.165, 1.54) is 11.3 Å². The van der Waals surface area contributed by atoms with E-state index in [-0.39, 0.29) is 5.82 Å². The molecule has 0 atom stereocenters. The fourth-order valence-corrected chi connectivity index (χ4v) is 3.30. The number of aliphatic hydroxyl groups is 1. The molecule has 1 fully saturated rings. The van der Waals surface area contributed by atoms with Gasteiger partial charge in [0.05, 0.1) is 0 Å². The highest BCUT2D eigenvalue weighted by molar-refractivity contribution is 5.48. The van der Waals surface area contributed by atoms with Gasteiger partial charge in [-0.05, 0) is 60.6 Å². The Bertz CT molecular complexity index is 679. The molecule has 0 aliphatic carbocycles. The first-order valence-corrected chi connectivity index (χ1v) is 9.06. The van der Waals surface area contributed by atoms with Crippen molar-refractivity contribution in [1.29, 1.82) is 0 Å². The van der Waals surface area contributed by atoms with Crippen molar-refractivity contribution in [3.05, 3.63) is 65.0 Å². The summed E-state index contributed by atoms with van der Waals surface area (Å²) in [7, 11) is 0. The summed E-state index contributed by atoms with van der Waals surface area (Å²) < 4.78 is 13.6. The van der Waals surface area contributed by atoms with Gasteiger partial charge in [0.1, 0.15) is 5.82 Å². The van der Waals surface area contributed by atoms with Crippen LogP contribution in [0.4, 0.5) is 10.1 Å². The van der Waals surface area contributed by atoms with E-state index in [0.29, 0.717) is 24.6 Å². The summed E-state index contributed by atoms with van der Waals surface area (Å²) in [6.45, 7) is 5.54. The number of nitrogens with zero attached hydrogens (tertiary/aromatic N) is 1. The Labute approximate surface area is 149 Å². The topological polar surface area (TPSA) is 35.5 Å². The first-order chi connectivity index (χ1) is 12.2. The van der Waals surface area contributed by atoms with Crippen molar-refractivity contribution in [2.24, 2.45) is 5.92 Å². The first-order valence-electron chi connectivity index (χ1n) is 9.06. The molecule has 0 saturated carbocycles. The molecule has 3 nitrogen and oxygen atoms in total. The molecule has 134 valence electrons. The highest BCUT2D eigenvalue weighted by atomic mass is 19.1. The van der Waals surface area contributed by atoms with Crippen molar-refractivity contribution < 1.29 is 9.50 Å². The molecule has 1 aliphatic heterocycles. The van der Waals surface area contributed by atoms with E-state index in [1.807, 2.05) is 12.1 Å². The van der Waals surface area contributed by atoms with E-state index < -0.39 is 0 Å². The summed E-state index contributed by atoms with van der Waals surface area (Å²) >= 11 is 0. The molecule has 4 heteroatoms.